The van der Waals surface area contributed by atoms with E-state index in [2.05, 4.69) is 4.74 Å². The summed E-state index contributed by atoms with van der Waals surface area (Å²) in [4.78, 5) is 25.8. The highest BCUT2D eigenvalue weighted by atomic mass is 19.4. The molecule has 0 aliphatic rings. The number of carbonyl (C=O) groups excluding carboxylic acids is 1. The molecule has 0 saturated carbocycles. The fourth-order valence-corrected chi connectivity index (χ4v) is 6.08. The number of benzene rings is 2. The second-order valence-electron chi connectivity index (χ2n) is 15.7. The first kappa shape index (κ1) is 48.2. The molecule has 2 aromatic carbocycles. The number of rotatable bonds is 20. The number of carbonyl (C=O) groups is 1. The van der Waals surface area contributed by atoms with Gasteiger partial charge in [-0.1, -0.05) is 31.9 Å². The normalized spacial score (nSPS) is 14.7. The Labute approximate surface area is 327 Å². The van der Waals surface area contributed by atoms with Crippen molar-refractivity contribution in [2.45, 2.75) is 128 Å². The first-order valence-corrected chi connectivity index (χ1v) is 18.1. The van der Waals surface area contributed by atoms with Gasteiger partial charge in [0.25, 0.3) is 0 Å². The van der Waals surface area contributed by atoms with Gasteiger partial charge in [-0.15, -0.1) is 13.2 Å². The van der Waals surface area contributed by atoms with Crippen LogP contribution in [0.2, 0.25) is 0 Å². The fraction of sp³-hybridized carbons (Fsp3) is 0.590. The molecule has 1 aromatic heterocycles. The molecule has 0 amide bonds. The Morgan fingerprint density at radius 1 is 0.741 bits per heavy atom. The first-order chi connectivity index (χ1) is 26.3. The fourth-order valence-electron chi connectivity index (χ4n) is 6.08. The van der Waals surface area contributed by atoms with Gasteiger partial charge < -0.3 is 30.1 Å². The minimum atomic E-state index is -6.66. The summed E-state index contributed by atoms with van der Waals surface area (Å²) in [7, 11) is 0. The van der Waals surface area contributed by atoms with Crippen molar-refractivity contribution in [1.82, 2.24) is 0 Å². The lowest BCUT2D eigenvalue weighted by Crippen LogP contribution is -2.62. The summed E-state index contributed by atoms with van der Waals surface area (Å²) in [5, 5.41) is 0.0796. The van der Waals surface area contributed by atoms with E-state index in [-0.39, 0.29) is 28.5 Å². The van der Waals surface area contributed by atoms with Crippen molar-refractivity contribution >= 4 is 16.9 Å². The Balaban J connectivity index is 1.75. The Bertz CT molecular complexity index is 1950. The second kappa shape index (κ2) is 17.2. The van der Waals surface area contributed by atoms with Crippen molar-refractivity contribution in [2.24, 2.45) is 16.9 Å². The maximum Gasteiger partial charge on any atom is 0.573 e. The third-order valence-corrected chi connectivity index (χ3v) is 9.67. The predicted octanol–water partition coefficient (Wildman–Crippen LogP) is 10.2. The summed E-state index contributed by atoms with van der Waals surface area (Å²) in [5.41, 5.74) is 6.37. The van der Waals surface area contributed by atoms with Crippen molar-refractivity contribution in [3.8, 4) is 22.6 Å². The van der Waals surface area contributed by atoms with Gasteiger partial charge in [0, 0.05) is 28.1 Å². The van der Waals surface area contributed by atoms with Gasteiger partial charge in [0.1, 0.15) is 17.1 Å². The van der Waals surface area contributed by atoms with Crippen molar-refractivity contribution in [1.29, 1.82) is 0 Å². The zero-order valence-electron chi connectivity index (χ0n) is 32.7. The molecular weight excluding hydrogens is 801 g/mol. The summed E-state index contributed by atoms with van der Waals surface area (Å²) >= 11 is 0. The average molecular weight is 849 g/mol. The molecule has 3 aromatic rings. The first-order valence-electron chi connectivity index (χ1n) is 18.1. The highest BCUT2D eigenvalue weighted by Crippen LogP contribution is 2.54. The number of aryl methyl sites for hydroxylation is 1. The molecule has 0 aliphatic heterocycles. The highest BCUT2D eigenvalue weighted by molar-refractivity contribution is 5.84. The lowest BCUT2D eigenvalue weighted by Gasteiger charge is -2.43. The summed E-state index contributed by atoms with van der Waals surface area (Å²) in [6, 6.07) is 8.23. The van der Waals surface area contributed by atoms with Crippen LogP contribution in [-0.2, 0) is 16.0 Å². The molecule has 0 radical (unpaired) electrons. The van der Waals surface area contributed by atoms with Gasteiger partial charge in [0.15, 0.2) is 0 Å². The molecule has 326 valence electrons. The van der Waals surface area contributed by atoms with Gasteiger partial charge in [-0.25, -0.2) is 4.79 Å². The van der Waals surface area contributed by atoms with Crippen LogP contribution in [0.3, 0.4) is 0 Å². The Kier molecular flexibility index (Phi) is 14.3. The van der Waals surface area contributed by atoms with Crippen LogP contribution in [-0.4, -0.2) is 60.3 Å². The standard InChI is InChI=1S/C39H47F11N2O6/c1-7-8-9-10-23-11-14-26(29(19-23)58-39(48,49)50)27-20-24-12-13-25(21-28(24)57-30(27)53)55-17-15-35(40,41)37(44,45)38(46,47)36(42,43)16-18-56-31(54)34(6,33(4,5)52)22-32(2,3)51/h11-14,19-21H,7-10,15-18,22,51-52H2,1-6H3. The van der Waals surface area contributed by atoms with E-state index >= 15 is 0 Å². The molecule has 1 unspecified atom stereocenters. The minimum absolute atomic E-state index is 0.0796. The van der Waals surface area contributed by atoms with E-state index in [4.69, 9.17) is 25.4 Å². The van der Waals surface area contributed by atoms with Crippen molar-refractivity contribution in [3.63, 3.8) is 0 Å². The van der Waals surface area contributed by atoms with E-state index in [1.165, 1.54) is 52.8 Å². The average Bonchev–Trinajstić information content (AvgIpc) is 3.06. The largest absolute Gasteiger partial charge is 0.573 e. The van der Waals surface area contributed by atoms with E-state index in [9.17, 15) is 57.9 Å². The highest BCUT2D eigenvalue weighted by Gasteiger charge is 2.79. The maximum atomic E-state index is 14.7. The minimum Gasteiger partial charge on any atom is -0.493 e. The summed E-state index contributed by atoms with van der Waals surface area (Å²) in [5.74, 6) is -27.2. The topological polar surface area (TPSA) is 127 Å². The van der Waals surface area contributed by atoms with Crippen LogP contribution in [0.5, 0.6) is 11.5 Å². The van der Waals surface area contributed by atoms with Crippen LogP contribution < -0.4 is 26.6 Å². The molecule has 3 rings (SSSR count). The molecule has 1 heterocycles. The second-order valence-corrected chi connectivity index (χ2v) is 15.7. The molecule has 0 fully saturated rings. The molecule has 0 bridgehead atoms. The van der Waals surface area contributed by atoms with Crippen LogP contribution in [0.1, 0.15) is 85.6 Å². The smallest absolute Gasteiger partial charge is 0.493 e. The number of hydrogen-bond acceptors (Lipinski definition) is 8. The van der Waals surface area contributed by atoms with Crippen LogP contribution in [0, 0.1) is 5.41 Å². The van der Waals surface area contributed by atoms with Crippen molar-refractivity contribution < 1.29 is 71.7 Å². The van der Waals surface area contributed by atoms with Gasteiger partial charge in [-0.05, 0) is 83.7 Å². The number of alkyl halides is 11. The quantitative estimate of drug-likeness (QED) is 0.0498. The summed E-state index contributed by atoms with van der Waals surface area (Å²) in [6.45, 7) is 6.04. The molecule has 8 nitrogen and oxygen atoms in total. The number of ether oxygens (including phenoxy) is 3. The van der Waals surface area contributed by atoms with Gasteiger partial charge >= 0.3 is 41.6 Å². The van der Waals surface area contributed by atoms with Crippen molar-refractivity contribution in [2.75, 3.05) is 13.2 Å². The monoisotopic (exact) mass is 848 g/mol. The third kappa shape index (κ3) is 11.1. The lowest BCUT2D eigenvalue weighted by molar-refractivity contribution is -0.369. The molecule has 58 heavy (non-hydrogen) atoms. The van der Waals surface area contributed by atoms with Gasteiger partial charge in [0.2, 0.25) is 0 Å². The molecule has 4 N–H and O–H groups in total. The summed E-state index contributed by atoms with van der Waals surface area (Å²) < 4.78 is 176. The summed E-state index contributed by atoms with van der Waals surface area (Å²) in [6.07, 6.45) is -6.91. The molecule has 0 spiro atoms. The third-order valence-electron chi connectivity index (χ3n) is 9.67. The number of hydrogen-bond donors (Lipinski definition) is 2. The Morgan fingerprint density at radius 3 is 1.86 bits per heavy atom. The Morgan fingerprint density at radius 2 is 1.33 bits per heavy atom. The van der Waals surface area contributed by atoms with Crippen LogP contribution in [0.25, 0.3) is 22.1 Å². The zero-order chi connectivity index (χ0) is 44.3. The number of esters is 1. The molecule has 1 atom stereocenters. The molecule has 19 heteroatoms. The Hall–Kier alpha value is -4.13. The van der Waals surface area contributed by atoms with Gasteiger partial charge in [-0.3, -0.25) is 4.79 Å². The lowest BCUT2D eigenvalue weighted by atomic mass is 9.67. The zero-order valence-corrected chi connectivity index (χ0v) is 32.7. The van der Waals surface area contributed by atoms with E-state index < -0.39 is 95.7 Å². The van der Waals surface area contributed by atoms with E-state index in [0.29, 0.717) is 18.4 Å². The van der Waals surface area contributed by atoms with Gasteiger partial charge in [0.05, 0.1) is 37.0 Å². The number of nitrogens with two attached hydrogens (primary N) is 2. The molecular formula is C39H47F11N2O6. The van der Waals surface area contributed by atoms with Crippen molar-refractivity contribution in [3.05, 3.63) is 58.4 Å². The van der Waals surface area contributed by atoms with E-state index in [0.717, 1.165) is 37.1 Å². The van der Waals surface area contributed by atoms with Crippen LogP contribution >= 0.6 is 0 Å². The molecule has 0 aliphatic carbocycles. The predicted molar refractivity (Wildman–Crippen MR) is 193 cm³/mol. The number of unbranched alkanes of at least 4 members (excludes halogenated alkanes) is 2. The number of halogens is 11. The van der Waals surface area contributed by atoms with E-state index in [1.54, 1.807) is 0 Å². The van der Waals surface area contributed by atoms with Crippen LogP contribution in [0.4, 0.5) is 48.3 Å². The van der Waals surface area contributed by atoms with Gasteiger partial charge in [-0.2, -0.15) is 35.1 Å². The van der Waals surface area contributed by atoms with Crippen LogP contribution in [0.15, 0.2) is 51.7 Å². The number of fused-ring (bicyclic) bond motifs is 1. The SMILES string of the molecule is CCCCCc1ccc(-c2cc3ccc(OCCC(F)(F)C(F)(F)C(F)(F)C(F)(F)CCOC(=O)C(C)(CC(C)(C)N)C(C)(C)N)cc3oc2=O)c(OC(F)(F)F)c1. The maximum absolute atomic E-state index is 14.7. The molecule has 0 saturated heterocycles. The van der Waals surface area contributed by atoms with E-state index in [1.807, 2.05) is 6.92 Å².